The highest BCUT2D eigenvalue weighted by Gasteiger charge is 2.21. The summed E-state index contributed by atoms with van der Waals surface area (Å²) in [5.41, 5.74) is 1.06. The molecule has 0 fully saturated rings. The van der Waals surface area contributed by atoms with Gasteiger partial charge in [-0.3, -0.25) is 0 Å². The quantitative estimate of drug-likeness (QED) is 0.915. The molecule has 100 valence electrons. The van der Waals surface area contributed by atoms with Gasteiger partial charge in [-0.2, -0.15) is 0 Å². The van der Waals surface area contributed by atoms with Gasteiger partial charge in [-0.1, -0.05) is 17.3 Å². The van der Waals surface area contributed by atoms with Gasteiger partial charge in [-0.15, -0.1) is 0 Å². The third-order valence-corrected chi connectivity index (χ3v) is 2.56. The van der Waals surface area contributed by atoms with Gasteiger partial charge in [0.05, 0.1) is 6.10 Å². The van der Waals surface area contributed by atoms with Crippen molar-refractivity contribution in [2.75, 3.05) is 0 Å². The number of rotatable bonds is 4. The normalized spacial score (nSPS) is 10.7. The summed E-state index contributed by atoms with van der Waals surface area (Å²) < 4.78 is 10.5. The van der Waals surface area contributed by atoms with Crippen molar-refractivity contribution < 1.29 is 19.2 Å². The molecule has 0 aliphatic rings. The number of aryl methyl sites for hydroxylation is 1. The summed E-state index contributed by atoms with van der Waals surface area (Å²) in [6.07, 6.45) is 0.0493. The fourth-order valence-electron chi connectivity index (χ4n) is 1.81. The highest BCUT2D eigenvalue weighted by molar-refractivity contribution is 5.95. The van der Waals surface area contributed by atoms with Gasteiger partial charge < -0.3 is 14.4 Å². The molecule has 0 radical (unpaired) electrons. The number of hydrogen-bond donors (Lipinski definition) is 1. The van der Waals surface area contributed by atoms with Crippen molar-refractivity contribution in [1.82, 2.24) is 5.16 Å². The van der Waals surface area contributed by atoms with Crippen molar-refractivity contribution in [3.8, 4) is 17.0 Å². The Kier molecular flexibility index (Phi) is 3.55. The first-order valence-corrected chi connectivity index (χ1v) is 5.95. The maximum Gasteiger partial charge on any atom is 0.341 e. The van der Waals surface area contributed by atoms with Gasteiger partial charge in [-0.25, -0.2) is 4.79 Å². The lowest BCUT2D eigenvalue weighted by atomic mass is 10.1. The smallest absolute Gasteiger partial charge is 0.341 e. The summed E-state index contributed by atoms with van der Waals surface area (Å²) >= 11 is 0. The lowest BCUT2D eigenvalue weighted by molar-refractivity contribution is 0.0695. The van der Waals surface area contributed by atoms with E-state index in [9.17, 15) is 9.90 Å². The molecule has 5 heteroatoms. The number of carboxylic acid groups (broad SMARTS) is 1. The predicted molar refractivity (Wildman–Crippen MR) is 69.4 cm³/mol. The summed E-state index contributed by atoms with van der Waals surface area (Å²) in [7, 11) is 0. The molecule has 19 heavy (non-hydrogen) atoms. The van der Waals surface area contributed by atoms with Gasteiger partial charge in [-0.05, 0) is 32.9 Å². The molecule has 2 rings (SSSR count). The van der Waals surface area contributed by atoms with E-state index in [0.717, 1.165) is 0 Å². The first-order chi connectivity index (χ1) is 8.99. The van der Waals surface area contributed by atoms with E-state index < -0.39 is 5.97 Å². The molecule has 0 amide bonds. The third kappa shape index (κ3) is 2.76. The van der Waals surface area contributed by atoms with E-state index in [4.69, 9.17) is 9.26 Å². The number of nitrogens with zero attached hydrogens (tertiary/aromatic N) is 1. The zero-order valence-electron chi connectivity index (χ0n) is 11.0. The van der Waals surface area contributed by atoms with Crippen LogP contribution in [-0.2, 0) is 0 Å². The van der Waals surface area contributed by atoms with Crippen molar-refractivity contribution in [1.29, 1.82) is 0 Å². The van der Waals surface area contributed by atoms with Gasteiger partial charge in [0.2, 0.25) is 0 Å². The number of hydrogen-bond acceptors (Lipinski definition) is 4. The number of aromatic nitrogens is 1. The Morgan fingerprint density at radius 1 is 1.42 bits per heavy atom. The molecule has 0 aliphatic carbocycles. The Bertz CT molecular complexity index is 601. The van der Waals surface area contributed by atoms with Gasteiger partial charge in [0.1, 0.15) is 22.8 Å². The fraction of sp³-hybridized carbons (Fsp3) is 0.286. The standard InChI is InChI=1S/C14H15NO4/c1-8(2)18-11-6-4-5-10(7-11)13-12(14(16)17)9(3)19-15-13/h4-8H,1-3H3,(H,16,17). The molecule has 0 spiro atoms. The fourth-order valence-corrected chi connectivity index (χ4v) is 1.81. The summed E-state index contributed by atoms with van der Waals surface area (Å²) in [5.74, 6) is -0.0916. The topological polar surface area (TPSA) is 72.6 Å². The van der Waals surface area contributed by atoms with E-state index in [1.807, 2.05) is 19.9 Å². The molecule has 0 saturated carbocycles. The van der Waals surface area contributed by atoms with Crippen molar-refractivity contribution in [2.45, 2.75) is 26.9 Å². The molecule has 1 N–H and O–H groups in total. The van der Waals surface area contributed by atoms with Gasteiger partial charge in [0.15, 0.2) is 0 Å². The Morgan fingerprint density at radius 3 is 2.79 bits per heavy atom. The van der Waals surface area contributed by atoms with E-state index >= 15 is 0 Å². The van der Waals surface area contributed by atoms with E-state index in [2.05, 4.69) is 5.16 Å². The summed E-state index contributed by atoms with van der Waals surface area (Å²) in [6, 6.07) is 7.14. The van der Waals surface area contributed by atoms with Crippen molar-refractivity contribution >= 4 is 5.97 Å². The monoisotopic (exact) mass is 261 g/mol. The van der Waals surface area contributed by atoms with Crippen molar-refractivity contribution in [3.05, 3.63) is 35.6 Å². The number of aromatic carboxylic acids is 1. The Morgan fingerprint density at radius 2 is 2.16 bits per heavy atom. The van der Waals surface area contributed by atoms with E-state index in [-0.39, 0.29) is 17.4 Å². The largest absolute Gasteiger partial charge is 0.491 e. The number of carbonyl (C=O) groups is 1. The summed E-state index contributed by atoms with van der Waals surface area (Å²) in [4.78, 5) is 11.2. The SMILES string of the molecule is Cc1onc(-c2cccc(OC(C)C)c2)c1C(=O)O. The van der Waals surface area contributed by atoms with Crippen LogP contribution in [0, 0.1) is 6.92 Å². The highest BCUT2D eigenvalue weighted by Crippen LogP contribution is 2.28. The molecule has 0 atom stereocenters. The molecule has 0 unspecified atom stereocenters. The molecule has 1 heterocycles. The number of benzene rings is 1. The van der Waals surface area contributed by atoms with Gasteiger partial charge in [0.25, 0.3) is 0 Å². The molecule has 0 saturated heterocycles. The molecular formula is C14H15NO4. The number of ether oxygens (including phenoxy) is 1. The van der Waals surface area contributed by atoms with Crippen LogP contribution in [0.4, 0.5) is 0 Å². The Balaban J connectivity index is 2.45. The second-order valence-corrected chi connectivity index (χ2v) is 4.46. The summed E-state index contributed by atoms with van der Waals surface area (Å²) in [5, 5.41) is 13.0. The highest BCUT2D eigenvalue weighted by atomic mass is 16.5. The molecule has 1 aromatic carbocycles. The van der Waals surface area contributed by atoms with Crippen LogP contribution in [0.5, 0.6) is 5.75 Å². The third-order valence-electron chi connectivity index (χ3n) is 2.56. The summed E-state index contributed by atoms with van der Waals surface area (Å²) in [6.45, 7) is 5.43. The molecule has 0 bridgehead atoms. The predicted octanol–water partition coefficient (Wildman–Crippen LogP) is 3.14. The molecule has 1 aromatic heterocycles. The van der Waals surface area contributed by atoms with Crippen LogP contribution in [-0.4, -0.2) is 22.3 Å². The minimum atomic E-state index is -1.05. The molecule has 2 aromatic rings. The van der Waals surface area contributed by atoms with Gasteiger partial charge in [0, 0.05) is 5.56 Å². The Hall–Kier alpha value is -2.30. The van der Waals surface area contributed by atoms with E-state index in [1.165, 1.54) is 0 Å². The van der Waals surface area contributed by atoms with E-state index in [0.29, 0.717) is 17.0 Å². The van der Waals surface area contributed by atoms with Crippen LogP contribution in [0.1, 0.15) is 30.0 Å². The zero-order chi connectivity index (χ0) is 14.0. The first kappa shape index (κ1) is 13.1. The molecule has 0 aliphatic heterocycles. The van der Waals surface area contributed by atoms with Crippen LogP contribution in [0.25, 0.3) is 11.3 Å². The maximum atomic E-state index is 11.2. The van der Waals surface area contributed by atoms with Crippen LogP contribution in [0.3, 0.4) is 0 Å². The van der Waals surface area contributed by atoms with Crippen LogP contribution < -0.4 is 4.74 Å². The zero-order valence-corrected chi connectivity index (χ0v) is 11.0. The van der Waals surface area contributed by atoms with Crippen LogP contribution >= 0.6 is 0 Å². The Labute approximate surface area is 110 Å². The lowest BCUT2D eigenvalue weighted by Crippen LogP contribution is -2.05. The van der Waals surface area contributed by atoms with Crippen LogP contribution in [0.15, 0.2) is 28.8 Å². The molecule has 5 nitrogen and oxygen atoms in total. The van der Waals surface area contributed by atoms with Crippen LogP contribution in [0.2, 0.25) is 0 Å². The maximum absolute atomic E-state index is 11.2. The first-order valence-electron chi connectivity index (χ1n) is 5.95. The minimum Gasteiger partial charge on any atom is -0.491 e. The second kappa shape index (κ2) is 5.14. The molecular weight excluding hydrogens is 246 g/mol. The van der Waals surface area contributed by atoms with Gasteiger partial charge >= 0.3 is 5.97 Å². The van der Waals surface area contributed by atoms with Crippen molar-refractivity contribution in [2.24, 2.45) is 0 Å². The average Bonchev–Trinajstić information content (AvgIpc) is 2.70. The van der Waals surface area contributed by atoms with Crippen molar-refractivity contribution in [3.63, 3.8) is 0 Å². The lowest BCUT2D eigenvalue weighted by Gasteiger charge is -2.10. The minimum absolute atomic E-state index is 0.0493. The van der Waals surface area contributed by atoms with E-state index in [1.54, 1.807) is 25.1 Å². The second-order valence-electron chi connectivity index (χ2n) is 4.46. The number of carboxylic acids is 1. The average molecular weight is 261 g/mol.